The molecule has 0 atom stereocenters. The van der Waals surface area contributed by atoms with E-state index in [9.17, 15) is 0 Å². The first-order valence-electron chi connectivity index (χ1n) is 5.25. The van der Waals surface area contributed by atoms with Crippen molar-refractivity contribution in [1.82, 2.24) is 0 Å². The highest BCUT2D eigenvalue weighted by Crippen LogP contribution is 2.35. The lowest BCUT2D eigenvalue weighted by atomic mass is 10.2. The quantitative estimate of drug-likeness (QED) is 0.808. The van der Waals surface area contributed by atoms with Crippen LogP contribution in [0.4, 0.5) is 5.69 Å². The summed E-state index contributed by atoms with van der Waals surface area (Å²) in [6.45, 7) is 6.78. The number of hydrogen-bond donors (Lipinski definition) is 1. The summed E-state index contributed by atoms with van der Waals surface area (Å²) in [5.41, 5.74) is 0.978. The first-order valence-corrected chi connectivity index (χ1v) is 5.25. The Morgan fingerprint density at radius 2 is 2.07 bits per heavy atom. The molecular formula is C12H19NO2. The third-order valence-electron chi connectivity index (χ3n) is 1.93. The molecule has 0 radical (unpaired) electrons. The van der Waals surface area contributed by atoms with Crippen LogP contribution in [0, 0.1) is 0 Å². The van der Waals surface area contributed by atoms with Crippen LogP contribution in [0.25, 0.3) is 0 Å². The molecule has 1 rings (SSSR count). The van der Waals surface area contributed by atoms with Crippen LogP contribution >= 0.6 is 0 Å². The normalized spacial score (nSPS) is 10.2. The fourth-order valence-electron chi connectivity index (χ4n) is 1.39. The van der Waals surface area contributed by atoms with E-state index in [1.807, 2.05) is 25.1 Å². The Hall–Kier alpha value is -1.38. The van der Waals surface area contributed by atoms with Crippen LogP contribution in [-0.4, -0.2) is 19.8 Å². The van der Waals surface area contributed by atoms with E-state index in [1.54, 1.807) is 7.11 Å². The summed E-state index contributed by atoms with van der Waals surface area (Å²) in [4.78, 5) is 0. The second kappa shape index (κ2) is 5.49. The topological polar surface area (TPSA) is 30.5 Å². The van der Waals surface area contributed by atoms with Crippen molar-refractivity contribution in [2.24, 2.45) is 0 Å². The molecule has 0 amide bonds. The van der Waals surface area contributed by atoms with E-state index in [2.05, 4.69) is 19.2 Å². The third-order valence-corrected chi connectivity index (χ3v) is 1.93. The van der Waals surface area contributed by atoms with Gasteiger partial charge in [0.2, 0.25) is 0 Å². The molecule has 84 valence electrons. The van der Waals surface area contributed by atoms with Crippen LogP contribution < -0.4 is 14.8 Å². The first kappa shape index (κ1) is 11.7. The number of hydrogen-bond acceptors (Lipinski definition) is 3. The van der Waals surface area contributed by atoms with E-state index in [-0.39, 0.29) is 0 Å². The predicted octanol–water partition coefficient (Wildman–Crippen LogP) is 2.91. The Morgan fingerprint density at radius 3 is 2.60 bits per heavy atom. The summed E-state index contributed by atoms with van der Waals surface area (Å²) in [6.07, 6.45) is 0. The van der Waals surface area contributed by atoms with Crippen molar-refractivity contribution in [1.29, 1.82) is 0 Å². The van der Waals surface area contributed by atoms with Gasteiger partial charge in [-0.3, -0.25) is 0 Å². The number of rotatable bonds is 5. The summed E-state index contributed by atoms with van der Waals surface area (Å²) in [6, 6.07) is 6.21. The molecule has 1 aromatic carbocycles. The zero-order chi connectivity index (χ0) is 11.3. The number of ether oxygens (including phenoxy) is 2. The first-order chi connectivity index (χ1) is 7.19. The molecule has 0 heterocycles. The molecule has 0 aliphatic rings. The minimum absolute atomic E-state index is 0.372. The van der Waals surface area contributed by atoms with Gasteiger partial charge in [-0.15, -0.1) is 0 Å². The van der Waals surface area contributed by atoms with E-state index < -0.39 is 0 Å². The number of methoxy groups -OCH3 is 1. The van der Waals surface area contributed by atoms with Gasteiger partial charge in [0.25, 0.3) is 0 Å². The van der Waals surface area contributed by atoms with Crippen LogP contribution in [0.1, 0.15) is 20.8 Å². The Labute approximate surface area is 91.4 Å². The lowest BCUT2D eigenvalue weighted by Gasteiger charge is -2.17. The third kappa shape index (κ3) is 3.05. The average molecular weight is 209 g/mol. The Bertz CT molecular complexity index is 310. The van der Waals surface area contributed by atoms with E-state index >= 15 is 0 Å². The van der Waals surface area contributed by atoms with Gasteiger partial charge in [-0.2, -0.15) is 0 Å². The van der Waals surface area contributed by atoms with Gasteiger partial charge in [-0.1, -0.05) is 6.07 Å². The van der Waals surface area contributed by atoms with E-state index in [1.165, 1.54) is 0 Å². The van der Waals surface area contributed by atoms with Crippen LogP contribution in [-0.2, 0) is 0 Å². The van der Waals surface area contributed by atoms with Crippen molar-refractivity contribution >= 4 is 5.69 Å². The fraction of sp³-hybridized carbons (Fsp3) is 0.500. The van der Waals surface area contributed by atoms with Gasteiger partial charge in [-0.25, -0.2) is 0 Å². The van der Waals surface area contributed by atoms with Gasteiger partial charge < -0.3 is 14.8 Å². The molecule has 0 spiro atoms. The number of anilines is 1. The zero-order valence-electron chi connectivity index (χ0n) is 9.83. The van der Waals surface area contributed by atoms with Crippen LogP contribution in [0.5, 0.6) is 11.5 Å². The van der Waals surface area contributed by atoms with Gasteiger partial charge in [0.1, 0.15) is 0 Å². The smallest absolute Gasteiger partial charge is 0.184 e. The second-order valence-corrected chi connectivity index (χ2v) is 3.57. The van der Waals surface area contributed by atoms with Gasteiger partial charge in [0.15, 0.2) is 11.5 Å². The van der Waals surface area contributed by atoms with Crippen molar-refractivity contribution < 1.29 is 9.47 Å². The molecule has 0 fully saturated rings. The zero-order valence-corrected chi connectivity index (χ0v) is 9.83. The van der Waals surface area contributed by atoms with Crippen molar-refractivity contribution in [3.63, 3.8) is 0 Å². The maximum absolute atomic E-state index is 5.57. The molecule has 15 heavy (non-hydrogen) atoms. The summed E-state index contributed by atoms with van der Waals surface area (Å²) < 4.78 is 10.8. The van der Waals surface area contributed by atoms with Crippen molar-refractivity contribution in [3.8, 4) is 11.5 Å². The standard InChI is InChI=1S/C12H19NO2/c1-5-15-12-10(13-9(2)3)7-6-8-11(12)14-4/h6-9,13H,5H2,1-4H3. The van der Waals surface area contributed by atoms with E-state index in [4.69, 9.17) is 9.47 Å². The second-order valence-electron chi connectivity index (χ2n) is 3.57. The lowest BCUT2D eigenvalue weighted by Crippen LogP contribution is -2.11. The minimum atomic E-state index is 0.372. The van der Waals surface area contributed by atoms with Crippen molar-refractivity contribution in [2.45, 2.75) is 26.8 Å². The molecule has 0 saturated carbocycles. The molecular weight excluding hydrogens is 190 g/mol. The molecule has 3 heteroatoms. The molecule has 0 unspecified atom stereocenters. The molecule has 0 saturated heterocycles. The number of nitrogens with one attached hydrogen (secondary N) is 1. The molecule has 1 aromatic rings. The van der Waals surface area contributed by atoms with Gasteiger partial charge in [0.05, 0.1) is 19.4 Å². The average Bonchev–Trinajstić information content (AvgIpc) is 2.20. The van der Waals surface area contributed by atoms with Crippen molar-refractivity contribution in [2.75, 3.05) is 19.0 Å². The Morgan fingerprint density at radius 1 is 1.33 bits per heavy atom. The molecule has 0 bridgehead atoms. The highest BCUT2D eigenvalue weighted by molar-refractivity contribution is 5.63. The summed E-state index contributed by atoms with van der Waals surface area (Å²) >= 11 is 0. The lowest BCUT2D eigenvalue weighted by molar-refractivity contribution is 0.312. The highest BCUT2D eigenvalue weighted by Gasteiger charge is 2.10. The maximum atomic E-state index is 5.57. The molecule has 0 aromatic heterocycles. The molecule has 0 aliphatic heterocycles. The number of benzene rings is 1. The summed E-state index contributed by atoms with van der Waals surface area (Å²) in [5, 5.41) is 3.33. The summed E-state index contributed by atoms with van der Waals surface area (Å²) in [5.74, 6) is 1.55. The van der Waals surface area contributed by atoms with Crippen LogP contribution in [0.3, 0.4) is 0 Å². The molecule has 0 aliphatic carbocycles. The predicted molar refractivity (Wildman–Crippen MR) is 62.9 cm³/mol. The SMILES string of the molecule is CCOc1c(NC(C)C)cccc1OC. The fourth-order valence-corrected chi connectivity index (χ4v) is 1.39. The van der Waals surface area contributed by atoms with E-state index in [0.717, 1.165) is 17.2 Å². The van der Waals surface area contributed by atoms with Gasteiger partial charge >= 0.3 is 0 Å². The Kier molecular flexibility index (Phi) is 4.28. The minimum Gasteiger partial charge on any atom is -0.493 e. The van der Waals surface area contributed by atoms with Crippen LogP contribution in [0.2, 0.25) is 0 Å². The Balaban J connectivity index is 3.01. The maximum Gasteiger partial charge on any atom is 0.184 e. The van der Waals surface area contributed by atoms with E-state index in [0.29, 0.717) is 12.6 Å². The van der Waals surface area contributed by atoms with Crippen molar-refractivity contribution in [3.05, 3.63) is 18.2 Å². The molecule has 3 nitrogen and oxygen atoms in total. The van der Waals surface area contributed by atoms with Gasteiger partial charge in [0, 0.05) is 6.04 Å². The number of para-hydroxylation sites is 1. The van der Waals surface area contributed by atoms with Crippen LogP contribution in [0.15, 0.2) is 18.2 Å². The molecule has 1 N–H and O–H groups in total. The van der Waals surface area contributed by atoms with Gasteiger partial charge in [-0.05, 0) is 32.9 Å². The summed E-state index contributed by atoms with van der Waals surface area (Å²) in [7, 11) is 1.65. The monoisotopic (exact) mass is 209 g/mol. The largest absolute Gasteiger partial charge is 0.493 e. The highest BCUT2D eigenvalue weighted by atomic mass is 16.5.